The molecule has 0 bridgehead atoms. The number of hydrazine groups is 1. The maximum absolute atomic E-state index is 12.9. The summed E-state index contributed by atoms with van der Waals surface area (Å²) < 4.78 is 15.3. The van der Waals surface area contributed by atoms with Gasteiger partial charge in [0.25, 0.3) is 5.91 Å². The highest BCUT2D eigenvalue weighted by atomic mass is 32.1. The van der Waals surface area contributed by atoms with E-state index < -0.39 is 0 Å². The topological polar surface area (TPSA) is 76.2 Å². The average Bonchev–Trinajstić information content (AvgIpc) is 3.13. The lowest BCUT2D eigenvalue weighted by Crippen LogP contribution is -2.49. The lowest BCUT2D eigenvalue weighted by Gasteiger charge is -2.30. The average molecular weight is 368 g/mol. The summed E-state index contributed by atoms with van der Waals surface area (Å²) in [4.78, 5) is 17.1. The predicted octanol–water partition coefficient (Wildman–Crippen LogP) is 1.07. The van der Waals surface area contributed by atoms with Crippen LogP contribution in [0.25, 0.3) is 0 Å². The Hall–Kier alpha value is -2.13. The maximum atomic E-state index is 12.9. The van der Waals surface area contributed by atoms with E-state index in [1.54, 1.807) is 29.3 Å². The van der Waals surface area contributed by atoms with Crippen LogP contribution in [0.3, 0.4) is 0 Å². The number of pyridine rings is 1. The predicted molar refractivity (Wildman–Crippen MR) is 96.8 cm³/mol. The lowest BCUT2D eigenvalue weighted by molar-refractivity contribution is 0.0487. The summed E-state index contributed by atoms with van der Waals surface area (Å²) in [5.41, 5.74) is 0.373. The maximum Gasteiger partial charge on any atom is 0.277 e. The normalized spacial score (nSPS) is 13.7. The lowest BCUT2D eigenvalue weighted by atomic mass is 10.2. The first-order valence-corrected chi connectivity index (χ1v) is 8.48. The molecule has 1 aromatic heterocycles. The molecular formula is C16H24N4O4S. The number of hydrogen-bond donors (Lipinski definition) is 1. The molecule has 25 heavy (non-hydrogen) atoms. The summed E-state index contributed by atoms with van der Waals surface area (Å²) in [5.74, 6) is 0.419. The zero-order valence-corrected chi connectivity index (χ0v) is 15.6. The van der Waals surface area contributed by atoms with E-state index in [1.807, 2.05) is 0 Å². The molecule has 138 valence electrons. The van der Waals surface area contributed by atoms with Crippen LogP contribution in [0.1, 0.15) is 23.2 Å². The highest BCUT2D eigenvalue weighted by Gasteiger charge is 2.31. The van der Waals surface area contributed by atoms with Gasteiger partial charge >= 0.3 is 0 Å². The fourth-order valence-electron chi connectivity index (χ4n) is 2.53. The highest BCUT2D eigenvalue weighted by molar-refractivity contribution is 7.80. The molecule has 0 spiro atoms. The molecule has 1 saturated heterocycles. The molecule has 2 rings (SSSR count). The van der Waals surface area contributed by atoms with Gasteiger partial charge in [0.15, 0.2) is 5.11 Å². The molecule has 1 aromatic rings. The van der Waals surface area contributed by atoms with Crippen molar-refractivity contribution in [1.29, 1.82) is 0 Å². The van der Waals surface area contributed by atoms with Gasteiger partial charge in [0, 0.05) is 39.4 Å². The Morgan fingerprint density at radius 1 is 1.24 bits per heavy atom. The van der Waals surface area contributed by atoms with Crippen molar-refractivity contribution in [2.75, 3.05) is 47.6 Å². The van der Waals surface area contributed by atoms with Crippen molar-refractivity contribution in [2.24, 2.45) is 0 Å². The van der Waals surface area contributed by atoms with Crippen LogP contribution in [-0.2, 0) is 4.74 Å². The largest absolute Gasteiger partial charge is 0.481 e. The number of carbonyl (C=O) groups is 1. The molecule has 9 heteroatoms. The van der Waals surface area contributed by atoms with E-state index in [1.165, 1.54) is 14.2 Å². The van der Waals surface area contributed by atoms with Gasteiger partial charge in [0.05, 0.1) is 14.2 Å². The molecule has 1 amide bonds. The van der Waals surface area contributed by atoms with Crippen LogP contribution in [-0.4, -0.2) is 73.6 Å². The molecule has 8 nitrogen and oxygen atoms in total. The summed E-state index contributed by atoms with van der Waals surface area (Å²) in [6, 6.07) is 3.29. The Morgan fingerprint density at radius 2 is 2.00 bits per heavy atom. The van der Waals surface area contributed by atoms with E-state index >= 15 is 0 Å². The van der Waals surface area contributed by atoms with Crippen molar-refractivity contribution in [2.45, 2.75) is 12.8 Å². The molecule has 1 aliphatic heterocycles. The van der Waals surface area contributed by atoms with Crippen LogP contribution >= 0.6 is 12.2 Å². The molecule has 1 aliphatic rings. The van der Waals surface area contributed by atoms with E-state index in [0.29, 0.717) is 42.8 Å². The number of hydrogen-bond acceptors (Lipinski definition) is 6. The van der Waals surface area contributed by atoms with Gasteiger partial charge in [-0.15, -0.1) is 0 Å². The second-order valence-corrected chi connectivity index (χ2v) is 5.78. The van der Waals surface area contributed by atoms with Crippen LogP contribution < -0.4 is 14.8 Å². The second-order valence-electron chi connectivity index (χ2n) is 5.39. The summed E-state index contributed by atoms with van der Waals surface area (Å²) in [5, 5.41) is 7.10. The Kier molecular flexibility index (Phi) is 7.20. The van der Waals surface area contributed by atoms with Crippen molar-refractivity contribution >= 4 is 23.2 Å². The van der Waals surface area contributed by atoms with Crippen molar-refractivity contribution in [3.8, 4) is 11.8 Å². The van der Waals surface area contributed by atoms with Crippen LogP contribution in [0.15, 0.2) is 12.1 Å². The number of amides is 1. The summed E-state index contributed by atoms with van der Waals surface area (Å²) in [6.45, 7) is 2.63. The van der Waals surface area contributed by atoms with Gasteiger partial charge in [-0.1, -0.05) is 0 Å². The number of thiocarbonyl (C=S) groups is 1. The monoisotopic (exact) mass is 368 g/mol. The minimum Gasteiger partial charge on any atom is -0.481 e. The number of ether oxygens (including phenoxy) is 3. The molecule has 0 atom stereocenters. The van der Waals surface area contributed by atoms with E-state index in [-0.39, 0.29) is 11.8 Å². The van der Waals surface area contributed by atoms with Gasteiger partial charge in [-0.25, -0.2) is 5.01 Å². The number of rotatable bonds is 7. The van der Waals surface area contributed by atoms with Crippen LogP contribution in [0, 0.1) is 0 Å². The Bertz CT molecular complexity index is 614. The van der Waals surface area contributed by atoms with Crippen molar-refractivity contribution in [3.63, 3.8) is 0 Å². The van der Waals surface area contributed by atoms with E-state index in [4.69, 9.17) is 26.4 Å². The quantitative estimate of drug-likeness (QED) is 0.566. The number of aromatic nitrogens is 1. The Labute approximate surface area is 153 Å². The SMILES string of the molecule is COCCCNC(=S)N1CCCN1C(=O)c1ccc(OC)nc1OC. The summed E-state index contributed by atoms with van der Waals surface area (Å²) >= 11 is 5.42. The first-order valence-electron chi connectivity index (χ1n) is 8.07. The molecule has 1 fully saturated rings. The number of methoxy groups -OCH3 is 3. The second kappa shape index (κ2) is 9.38. The van der Waals surface area contributed by atoms with Gasteiger partial charge in [-0.2, -0.15) is 4.98 Å². The fourth-order valence-corrected chi connectivity index (χ4v) is 2.82. The molecule has 1 N–H and O–H groups in total. The van der Waals surface area contributed by atoms with Crippen molar-refractivity contribution in [3.05, 3.63) is 17.7 Å². The summed E-state index contributed by atoms with van der Waals surface area (Å²) in [6.07, 6.45) is 1.69. The molecular weight excluding hydrogens is 344 g/mol. The number of carbonyl (C=O) groups excluding carboxylic acids is 1. The smallest absolute Gasteiger partial charge is 0.277 e. The zero-order valence-electron chi connectivity index (χ0n) is 14.8. The Balaban J connectivity index is 2.08. The molecule has 0 unspecified atom stereocenters. The molecule has 0 aromatic carbocycles. The number of nitrogens with zero attached hydrogens (tertiary/aromatic N) is 3. The highest BCUT2D eigenvalue weighted by Crippen LogP contribution is 2.23. The molecule has 0 radical (unpaired) electrons. The van der Waals surface area contributed by atoms with Gasteiger partial charge in [0.1, 0.15) is 5.56 Å². The first kappa shape index (κ1) is 19.2. The summed E-state index contributed by atoms with van der Waals surface area (Å²) in [7, 11) is 4.65. The molecule has 0 aliphatic carbocycles. The van der Waals surface area contributed by atoms with E-state index in [0.717, 1.165) is 12.8 Å². The first-order chi connectivity index (χ1) is 12.1. The Morgan fingerprint density at radius 3 is 2.68 bits per heavy atom. The molecule has 0 saturated carbocycles. The third-order valence-electron chi connectivity index (χ3n) is 3.77. The van der Waals surface area contributed by atoms with Crippen molar-refractivity contribution < 1.29 is 19.0 Å². The van der Waals surface area contributed by atoms with E-state index in [9.17, 15) is 4.79 Å². The van der Waals surface area contributed by atoms with Gasteiger partial charge in [-0.3, -0.25) is 9.80 Å². The van der Waals surface area contributed by atoms with Crippen molar-refractivity contribution in [1.82, 2.24) is 20.3 Å². The van der Waals surface area contributed by atoms with Gasteiger partial charge in [-0.05, 0) is 31.1 Å². The minimum absolute atomic E-state index is 0.203. The molecule has 2 heterocycles. The van der Waals surface area contributed by atoms with Crippen LogP contribution in [0.2, 0.25) is 0 Å². The number of nitrogens with one attached hydrogen (secondary N) is 1. The van der Waals surface area contributed by atoms with Crippen LogP contribution in [0.4, 0.5) is 0 Å². The van der Waals surface area contributed by atoms with Crippen LogP contribution in [0.5, 0.6) is 11.8 Å². The standard InChI is InChI=1S/C16H24N4O4S/c1-22-11-4-8-17-16(25)20-10-5-9-19(20)15(21)12-6-7-13(23-2)18-14(12)24-3/h6-7H,4-5,8-11H2,1-3H3,(H,17,25). The zero-order chi connectivity index (χ0) is 18.2. The van der Waals surface area contributed by atoms with Gasteiger partial charge < -0.3 is 19.5 Å². The third kappa shape index (κ3) is 4.70. The third-order valence-corrected chi connectivity index (χ3v) is 4.12. The van der Waals surface area contributed by atoms with Gasteiger partial charge in [0.2, 0.25) is 11.8 Å². The van der Waals surface area contributed by atoms with E-state index in [2.05, 4.69) is 10.3 Å². The minimum atomic E-state index is -0.203. The fraction of sp³-hybridized carbons (Fsp3) is 0.562.